The van der Waals surface area contributed by atoms with E-state index in [9.17, 15) is 21.6 Å². The number of alkyl halides is 3. The van der Waals surface area contributed by atoms with Crippen molar-refractivity contribution in [1.29, 1.82) is 0 Å². The van der Waals surface area contributed by atoms with Crippen molar-refractivity contribution in [2.24, 2.45) is 0 Å². The lowest BCUT2D eigenvalue weighted by Gasteiger charge is -2.13. The van der Waals surface area contributed by atoms with Crippen molar-refractivity contribution in [2.75, 3.05) is 0 Å². The average Bonchev–Trinajstić information content (AvgIpc) is 1.83. The first-order valence-corrected chi connectivity index (χ1v) is 5.11. The molecule has 13 heavy (non-hydrogen) atoms. The summed E-state index contributed by atoms with van der Waals surface area (Å²) in [5, 5.41) is 0. The third-order valence-corrected chi connectivity index (χ3v) is 2.42. The van der Waals surface area contributed by atoms with Gasteiger partial charge in [-0.15, -0.1) is 0 Å². The van der Waals surface area contributed by atoms with E-state index in [1.807, 2.05) is 0 Å². The Balaban J connectivity index is 4.36. The molecule has 0 aliphatic rings. The van der Waals surface area contributed by atoms with Crippen LogP contribution in [0.4, 0.5) is 13.2 Å². The first kappa shape index (κ1) is 12.7. The van der Waals surface area contributed by atoms with Gasteiger partial charge in [-0.3, -0.25) is 4.18 Å². The summed E-state index contributed by atoms with van der Waals surface area (Å²) in [7, 11) is -5.42. The van der Waals surface area contributed by atoms with Gasteiger partial charge in [0.15, 0.2) is 0 Å². The van der Waals surface area contributed by atoms with E-state index in [2.05, 4.69) is 4.18 Å². The summed E-state index contributed by atoms with van der Waals surface area (Å²) in [6, 6.07) is 0. The van der Waals surface area contributed by atoms with E-state index in [0.29, 0.717) is 6.42 Å². The largest absolute Gasteiger partial charge is 0.523 e. The maximum absolute atomic E-state index is 11.7. The number of hydrogen-bond donors (Lipinski definition) is 0. The van der Waals surface area contributed by atoms with E-state index in [1.165, 1.54) is 6.92 Å². The summed E-state index contributed by atoms with van der Waals surface area (Å²) in [5.74, 6) is 0. The van der Waals surface area contributed by atoms with E-state index in [4.69, 9.17) is 0 Å². The fourth-order valence-corrected chi connectivity index (χ4v) is 1.36. The SMILES string of the molecule is CCC[C@@H](C)OS(=O)(=O)C(F)(F)F. The van der Waals surface area contributed by atoms with E-state index < -0.39 is 21.7 Å². The van der Waals surface area contributed by atoms with Crippen LogP contribution >= 0.6 is 0 Å². The van der Waals surface area contributed by atoms with Crippen LogP contribution in [0, 0.1) is 0 Å². The van der Waals surface area contributed by atoms with Crippen LogP contribution in [-0.4, -0.2) is 20.0 Å². The lowest BCUT2D eigenvalue weighted by molar-refractivity contribution is -0.0570. The standard InChI is InChI=1S/C6H11F3O3S/c1-3-4-5(2)12-13(10,11)6(7,8)9/h5H,3-4H2,1-2H3/t5-/m1/s1. The highest BCUT2D eigenvalue weighted by Crippen LogP contribution is 2.26. The molecule has 0 aliphatic heterocycles. The molecule has 0 aromatic heterocycles. The van der Waals surface area contributed by atoms with Gasteiger partial charge in [-0.25, -0.2) is 0 Å². The number of hydrogen-bond acceptors (Lipinski definition) is 3. The van der Waals surface area contributed by atoms with Crippen molar-refractivity contribution < 1.29 is 25.8 Å². The second-order valence-electron chi connectivity index (χ2n) is 2.60. The first-order valence-electron chi connectivity index (χ1n) is 3.70. The minimum atomic E-state index is -5.42. The molecular weight excluding hydrogens is 209 g/mol. The van der Waals surface area contributed by atoms with Crippen molar-refractivity contribution in [3.05, 3.63) is 0 Å². The fraction of sp³-hybridized carbons (Fsp3) is 1.00. The molecule has 1 atom stereocenters. The summed E-state index contributed by atoms with van der Waals surface area (Å²) < 4.78 is 59.8. The summed E-state index contributed by atoms with van der Waals surface area (Å²) in [4.78, 5) is 0. The molecule has 0 amide bonds. The van der Waals surface area contributed by atoms with Gasteiger partial charge in [-0.05, 0) is 13.3 Å². The van der Waals surface area contributed by atoms with Gasteiger partial charge < -0.3 is 0 Å². The lowest BCUT2D eigenvalue weighted by atomic mass is 10.2. The van der Waals surface area contributed by atoms with Crippen LogP contribution < -0.4 is 0 Å². The molecule has 0 spiro atoms. The highest BCUT2D eigenvalue weighted by atomic mass is 32.2. The minimum Gasteiger partial charge on any atom is -0.260 e. The van der Waals surface area contributed by atoms with Gasteiger partial charge in [0.05, 0.1) is 6.10 Å². The molecule has 0 unspecified atom stereocenters. The Morgan fingerprint density at radius 2 is 1.85 bits per heavy atom. The van der Waals surface area contributed by atoms with Crippen molar-refractivity contribution in [3.63, 3.8) is 0 Å². The highest BCUT2D eigenvalue weighted by molar-refractivity contribution is 7.87. The number of rotatable bonds is 4. The van der Waals surface area contributed by atoms with Gasteiger partial charge in [0, 0.05) is 0 Å². The second-order valence-corrected chi connectivity index (χ2v) is 4.16. The summed E-state index contributed by atoms with van der Waals surface area (Å²) in [6.45, 7) is 3.01. The molecular formula is C6H11F3O3S. The summed E-state index contributed by atoms with van der Waals surface area (Å²) in [6.07, 6.45) is -0.0965. The molecule has 0 saturated carbocycles. The lowest BCUT2D eigenvalue weighted by Crippen LogP contribution is -2.28. The van der Waals surface area contributed by atoms with E-state index in [-0.39, 0.29) is 6.42 Å². The molecule has 0 saturated heterocycles. The van der Waals surface area contributed by atoms with Crippen molar-refractivity contribution in [2.45, 2.75) is 38.3 Å². The van der Waals surface area contributed by atoms with Crippen LogP contribution in [0.1, 0.15) is 26.7 Å². The highest BCUT2D eigenvalue weighted by Gasteiger charge is 2.47. The Morgan fingerprint density at radius 1 is 1.38 bits per heavy atom. The minimum absolute atomic E-state index is 0.273. The van der Waals surface area contributed by atoms with Crippen LogP contribution in [0.5, 0.6) is 0 Å². The second kappa shape index (κ2) is 4.28. The Kier molecular flexibility index (Phi) is 4.18. The summed E-state index contributed by atoms with van der Waals surface area (Å²) in [5.41, 5.74) is -5.32. The predicted molar refractivity (Wildman–Crippen MR) is 40.4 cm³/mol. The zero-order chi connectivity index (χ0) is 10.7. The van der Waals surface area contributed by atoms with Gasteiger partial charge >= 0.3 is 15.6 Å². The molecule has 0 heterocycles. The molecule has 0 bridgehead atoms. The third-order valence-electron chi connectivity index (χ3n) is 1.27. The monoisotopic (exact) mass is 220 g/mol. The Bertz CT molecular complexity index is 244. The van der Waals surface area contributed by atoms with Gasteiger partial charge in [-0.2, -0.15) is 21.6 Å². The average molecular weight is 220 g/mol. The molecule has 80 valence electrons. The normalized spacial score (nSPS) is 15.8. The van der Waals surface area contributed by atoms with Gasteiger partial charge in [0.25, 0.3) is 0 Å². The zero-order valence-electron chi connectivity index (χ0n) is 7.26. The molecule has 0 aliphatic carbocycles. The van der Waals surface area contributed by atoms with Gasteiger partial charge in [0.1, 0.15) is 0 Å². The van der Waals surface area contributed by atoms with E-state index in [1.54, 1.807) is 6.92 Å². The molecule has 0 rings (SSSR count). The Morgan fingerprint density at radius 3 is 2.15 bits per heavy atom. The van der Waals surface area contributed by atoms with Crippen LogP contribution in [-0.2, 0) is 14.3 Å². The smallest absolute Gasteiger partial charge is 0.260 e. The van der Waals surface area contributed by atoms with Crippen LogP contribution in [0.3, 0.4) is 0 Å². The third kappa shape index (κ3) is 3.95. The van der Waals surface area contributed by atoms with Gasteiger partial charge in [0.2, 0.25) is 0 Å². The molecule has 0 radical (unpaired) electrons. The maximum Gasteiger partial charge on any atom is 0.523 e. The van der Waals surface area contributed by atoms with Crippen molar-refractivity contribution in [3.8, 4) is 0 Å². The maximum atomic E-state index is 11.7. The van der Waals surface area contributed by atoms with Crippen LogP contribution in [0.2, 0.25) is 0 Å². The molecule has 0 N–H and O–H groups in total. The number of halogens is 3. The zero-order valence-corrected chi connectivity index (χ0v) is 8.07. The Hall–Kier alpha value is -0.300. The Labute approximate surface area is 75.0 Å². The van der Waals surface area contributed by atoms with Gasteiger partial charge in [-0.1, -0.05) is 13.3 Å². The van der Waals surface area contributed by atoms with Crippen LogP contribution in [0.15, 0.2) is 0 Å². The molecule has 7 heteroatoms. The first-order chi connectivity index (χ1) is 5.70. The van der Waals surface area contributed by atoms with E-state index >= 15 is 0 Å². The van der Waals surface area contributed by atoms with Crippen molar-refractivity contribution in [1.82, 2.24) is 0 Å². The quantitative estimate of drug-likeness (QED) is 0.538. The molecule has 0 aromatic rings. The molecule has 0 fully saturated rings. The van der Waals surface area contributed by atoms with Crippen LogP contribution in [0.25, 0.3) is 0 Å². The molecule has 0 aromatic carbocycles. The predicted octanol–water partition coefficient (Wildman–Crippen LogP) is 2.04. The topological polar surface area (TPSA) is 43.4 Å². The molecule has 3 nitrogen and oxygen atoms in total. The summed E-state index contributed by atoms with van der Waals surface area (Å²) >= 11 is 0. The van der Waals surface area contributed by atoms with E-state index in [0.717, 1.165) is 0 Å². The van der Waals surface area contributed by atoms with Crippen molar-refractivity contribution >= 4 is 10.1 Å². The fourth-order valence-electron chi connectivity index (χ4n) is 0.725.